The van der Waals surface area contributed by atoms with Crippen molar-refractivity contribution in [2.75, 3.05) is 17.7 Å². The molecule has 0 aliphatic rings. The minimum Gasteiger partial charge on any atom is -0.449 e. The average molecular weight is 291 g/mol. The highest BCUT2D eigenvalue weighted by Gasteiger charge is 2.09. The molecule has 0 aliphatic carbocycles. The number of aromatic nitrogens is 1. The number of hydrogen-bond donors (Lipinski definition) is 2. The van der Waals surface area contributed by atoms with E-state index in [0.717, 1.165) is 11.3 Å². The Morgan fingerprint density at radius 3 is 3.00 bits per heavy atom. The first-order chi connectivity index (χ1) is 9.54. The van der Waals surface area contributed by atoms with Crippen LogP contribution in [0.4, 0.5) is 15.6 Å². The Kier molecular flexibility index (Phi) is 4.57. The Morgan fingerprint density at radius 2 is 2.30 bits per heavy atom. The van der Waals surface area contributed by atoms with E-state index in [1.165, 1.54) is 11.3 Å². The highest BCUT2D eigenvalue weighted by atomic mass is 32.1. The van der Waals surface area contributed by atoms with Crippen molar-refractivity contribution >= 4 is 28.2 Å². The molecule has 5 nitrogen and oxygen atoms in total. The van der Waals surface area contributed by atoms with Gasteiger partial charge in [-0.2, -0.15) is 0 Å². The fourth-order valence-corrected chi connectivity index (χ4v) is 2.23. The zero-order valence-electron chi connectivity index (χ0n) is 11.4. The number of thiazole rings is 1. The lowest BCUT2D eigenvalue weighted by Gasteiger charge is -2.06. The topological polar surface area (TPSA) is 77.2 Å². The molecular weight excluding hydrogens is 274 g/mol. The highest BCUT2D eigenvalue weighted by molar-refractivity contribution is 7.14. The molecule has 3 N–H and O–H groups in total. The van der Waals surface area contributed by atoms with Gasteiger partial charge in [-0.1, -0.05) is 26.0 Å². The van der Waals surface area contributed by atoms with Crippen LogP contribution in [-0.4, -0.2) is 17.7 Å². The molecule has 106 valence electrons. The summed E-state index contributed by atoms with van der Waals surface area (Å²) in [5.41, 5.74) is 8.12. The van der Waals surface area contributed by atoms with Gasteiger partial charge in [0.2, 0.25) is 0 Å². The number of carbonyl (C=O) groups excluding carboxylic acids is 1. The van der Waals surface area contributed by atoms with Crippen molar-refractivity contribution in [2.24, 2.45) is 5.92 Å². The van der Waals surface area contributed by atoms with E-state index in [9.17, 15) is 4.79 Å². The summed E-state index contributed by atoms with van der Waals surface area (Å²) in [5, 5.41) is 5.00. The van der Waals surface area contributed by atoms with Gasteiger partial charge in [-0.15, -0.1) is 11.3 Å². The summed E-state index contributed by atoms with van der Waals surface area (Å²) >= 11 is 1.35. The van der Waals surface area contributed by atoms with E-state index < -0.39 is 6.09 Å². The number of anilines is 2. The van der Waals surface area contributed by atoms with E-state index in [0.29, 0.717) is 23.3 Å². The van der Waals surface area contributed by atoms with Crippen LogP contribution in [-0.2, 0) is 4.74 Å². The molecule has 1 aromatic heterocycles. The Hall–Kier alpha value is -2.08. The molecule has 6 heteroatoms. The largest absolute Gasteiger partial charge is 0.449 e. The number of nitrogens with zero attached hydrogens (tertiary/aromatic N) is 1. The summed E-state index contributed by atoms with van der Waals surface area (Å²) in [7, 11) is 0. The first kappa shape index (κ1) is 14.3. The second kappa shape index (κ2) is 6.38. The molecule has 20 heavy (non-hydrogen) atoms. The lowest BCUT2D eigenvalue weighted by molar-refractivity contribution is 0.147. The molecule has 2 aromatic rings. The molecule has 0 radical (unpaired) electrons. The number of nitrogen functional groups attached to an aromatic ring is 1. The van der Waals surface area contributed by atoms with E-state index in [1.54, 1.807) is 0 Å². The number of hydrogen-bond acceptors (Lipinski definition) is 5. The summed E-state index contributed by atoms with van der Waals surface area (Å²) in [6, 6.07) is 7.45. The summed E-state index contributed by atoms with van der Waals surface area (Å²) in [6.07, 6.45) is -0.479. The minimum absolute atomic E-state index is 0.305. The van der Waals surface area contributed by atoms with Gasteiger partial charge in [-0.3, -0.25) is 5.32 Å². The summed E-state index contributed by atoms with van der Waals surface area (Å²) in [6.45, 7) is 4.35. The van der Waals surface area contributed by atoms with Crippen molar-refractivity contribution in [1.82, 2.24) is 4.98 Å². The van der Waals surface area contributed by atoms with Gasteiger partial charge in [0.1, 0.15) is 0 Å². The van der Waals surface area contributed by atoms with Crippen LogP contribution in [0.25, 0.3) is 11.3 Å². The Labute approximate surface area is 121 Å². The van der Waals surface area contributed by atoms with E-state index in [4.69, 9.17) is 10.5 Å². The first-order valence-corrected chi connectivity index (χ1v) is 7.18. The normalized spacial score (nSPS) is 10.6. The van der Waals surface area contributed by atoms with E-state index in [2.05, 4.69) is 10.3 Å². The van der Waals surface area contributed by atoms with Crippen LogP contribution < -0.4 is 11.1 Å². The SMILES string of the molecule is CC(C)COC(=O)Nc1nc(-c2cccc(N)c2)cs1. The van der Waals surface area contributed by atoms with Crippen LogP contribution in [0.5, 0.6) is 0 Å². The van der Waals surface area contributed by atoms with Gasteiger partial charge in [0.05, 0.1) is 12.3 Å². The maximum Gasteiger partial charge on any atom is 0.413 e. The van der Waals surface area contributed by atoms with Crippen molar-refractivity contribution < 1.29 is 9.53 Å². The Balaban J connectivity index is 2.00. The van der Waals surface area contributed by atoms with Crippen LogP contribution in [0.15, 0.2) is 29.6 Å². The Bertz CT molecular complexity index is 596. The van der Waals surface area contributed by atoms with Crippen molar-refractivity contribution in [3.8, 4) is 11.3 Å². The van der Waals surface area contributed by atoms with Crippen LogP contribution in [0, 0.1) is 5.92 Å². The second-order valence-electron chi connectivity index (χ2n) is 4.78. The third-order valence-electron chi connectivity index (χ3n) is 2.44. The number of nitrogens with two attached hydrogens (primary N) is 1. The molecule has 0 spiro atoms. The first-order valence-electron chi connectivity index (χ1n) is 6.30. The molecule has 0 saturated heterocycles. The van der Waals surface area contributed by atoms with Gasteiger partial charge in [0.25, 0.3) is 0 Å². The predicted octanol–water partition coefficient (Wildman–Crippen LogP) is 3.60. The van der Waals surface area contributed by atoms with E-state index in [1.807, 2.05) is 43.5 Å². The van der Waals surface area contributed by atoms with Gasteiger partial charge in [-0.25, -0.2) is 9.78 Å². The summed E-state index contributed by atoms with van der Waals surface area (Å²) < 4.78 is 5.04. The second-order valence-corrected chi connectivity index (χ2v) is 5.64. The van der Waals surface area contributed by atoms with E-state index in [-0.39, 0.29) is 0 Å². The molecule has 1 heterocycles. The van der Waals surface area contributed by atoms with Crippen molar-refractivity contribution in [3.05, 3.63) is 29.6 Å². The molecule has 0 saturated carbocycles. The number of amides is 1. The van der Waals surface area contributed by atoms with Gasteiger partial charge >= 0.3 is 6.09 Å². The zero-order chi connectivity index (χ0) is 14.5. The average Bonchev–Trinajstić information content (AvgIpc) is 2.85. The predicted molar refractivity (Wildman–Crippen MR) is 81.8 cm³/mol. The van der Waals surface area contributed by atoms with Gasteiger partial charge in [-0.05, 0) is 18.1 Å². The third kappa shape index (κ3) is 3.96. The summed E-state index contributed by atoms with van der Waals surface area (Å²) in [4.78, 5) is 15.9. The number of rotatable bonds is 4. The fourth-order valence-electron chi connectivity index (χ4n) is 1.53. The molecule has 0 aliphatic heterocycles. The molecule has 0 bridgehead atoms. The van der Waals surface area contributed by atoms with Crippen LogP contribution in [0.3, 0.4) is 0 Å². The fraction of sp³-hybridized carbons (Fsp3) is 0.286. The van der Waals surface area contributed by atoms with Crippen LogP contribution in [0.1, 0.15) is 13.8 Å². The molecule has 1 aromatic carbocycles. The maximum absolute atomic E-state index is 11.5. The lowest BCUT2D eigenvalue weighted by atomic mass is 10.1. The van der Waals surface area contributed by atoms with E-state index >= 15 is 0 Å². The van der Waals surface area contributed by atoms with Crippen molar-refractivity contribution in [3.63, 3.8) is 0 Å². The number of ether oxygens (including phenoxy) is 1. The number of benzene rings is 1. The molecule has 1 amide bonds. The maximum atomic E-state index is 11.5. The van der Waals surface area contributed by atoms with Crippen molar-refractivity contribution in [2.45, 2.75) is 13.8 Å². The monoisotopic (exact) mass is 291 g/mol. The molecule has 2 rings (SSSR count). The molecule has 0 fully saturated rings. The lowest BCUT2D eigenvalue weighted by Crippen LogP contribution is -2.16. The number of carbonyl (C=O) groups is 1. The summed E-state index contributed by atoms with van der Waals surface area (Å²) in [5.74, 6) is 0.305. The third-order valence-corrected chi connectivity index (χ3v) is 3.20. The molecular formula is C14H17N3O2S. The molecule has 0 atom stereocenters. The van der Waals surface area contributed by atoms with Gasteiger partial charge in [0, 0.05) is 16.6 Å². The molecule has 0 unspecified atom stereocenters. The van der Waals surface area contributed by atoms with Gasteiger partial charge in [0.15, 0.2) is 5.13 Å². The van der Waals surface area contributed by atoms with Crippen molar-refractivity contribution in [1.29, 1.82) is 0 Å². The standard InChI is InChI=1S/C14H17N3O2S/c1-9(2)7-19-14(18)17-13-16-12(8-20-13)10-4-3-5-11(15)6-10/h3-6,8-9H,7,15H2,1-2H3,(H,16,17,18). The van der Waals surface area contributed by atoms with Crippen LogP contribution in [0.2, 0.25) is 0 Å². The minimum atomic E-state index is -0.479. The van der Waals surface area contributed by atoms with Gasteiger partial charge < -0.3 is 10.5 Å². The zero-order valence-corrected chi connectivity index (χ0v) is 12.2. The highest BCUT2D eigenvalue weighted by Crippen LogP contribution is 2.26. The van der Waals surface area contributed by atoms with Crippen LogP contribution >= 0.6 is 11.3 Å². The Morgan fingerprint density at radius 1 is 1.50 bits per heavy atom. The number of nitrogens with one attached hydrogen (secondary N) is 1. The smallest absolute Gasteiger partial charge is 0.413 e. The quantitative estimate of drug-likeness (QED) is 0.844.